The predicted molar refractivity (Wildman–Crippen MR) is 80.9 cm³/mol. The zero-order valence-electron chi connectivity index (χ0n) is 12.3. The summed E-state index contributed by atoms with van der Waals surface area (Å²) in [6.07, 6.45) is 14.4. The number of nitrogens with zero attached hydrogens (tertiary/aromatic N) is 2. The number of allylic oxidation sites excluding steroid dienone is 2. The van der Waals surface area contributed by atoms with Crippen molar-refractivity contribution >= 4 is 11.6 Å². The maximum atomic E-state index is 12.2. The first-order valence-corrected chi connectivity index (χ1v) is 7.91. The Morgan fingerprint density at radius 1 is 1.38 bits per heavy atom. The molecule has 1 amide bonds. The van der Waals surface area contributed by atoms with E-state index in [1.807, 2.05) is 10.9 Å². The molecule has 5 nitrogen and oxygen atoms in total. The molecule has 0 unspecified atom stereocenters. The van der Waals surface area contributed by atoms with Crippen molar-refractivity contribution < 1.29 is 9.53 Å². The normalized spacial score (nSPS) is 25.7. The number of amides is 1. The fourth-order valence-corrected chi connectivity index (χ4v) is 2.96. The molecule has 0 radical (unpaired) electrons. The van der Waals surface area contributed by atoms with E-state index in [1.54, 1.807) is 6.20 Å². The van der Waals surface area contributed by atoms with Crippen LogP contribution in [0.5, 0.6) is 0 Å². The molecule has 2 aliphatic rings. The summed E-state index contributed by atoms with van der Waals surface area (Å²) in [5.74, 6) is 0.202. The molecule has 2 heterocycles. The van der Waals surface area contributed by atoms with Crippen molar-refractivity contribution in [3.8, 4) is 0 Å². The predicted octanol–water partition coefficient (Wildman–Crippen LogP) is 2.75. The lowest BCUT2D eigenvalue weighted by Gasteiger charge is -2.22. The van der Waals surface area contributed by atoms with E-state index < -0.39 is 0 Å². The van der Waals surface area contributed by atoms with Crippen molar-refractivity contribution in [1.29, 1.82) is 0 Å². The highest BCUT2D eigenvalue weighted by molar-refractivity contribution is 5.92. The average molecular weight is 289 g/mol. The second-order valence-corrected chi connectivity index (χ2v) is 5.91. The zero-order chi connectivity index (χ0) is 14.5. The van der Waals surface area contributed by atoms with Gasteiger partial charge in [0.15, 0.2) is 0 Å². The lowest BCUT2D eigenvalue weighted by Crippen LogP contribution is -2.25. The molecule has 0 bridgehead atoms. The summed E-state index contributed by atoms with van der Waals surface area (Å²) in [6, 6.07) is 0. The number of nitrogens with one attached hydrogen (secondary N) is 1. The molecule has 114 valence electrons. The molecule has 1 N–H and O–H groups in total. The molecular weight excluding hydrogens is 266 g/mol. The van der Waals surface area contributed by atoms with E-state index in [0.29, 0.717) is 0 Å². The van der Waals surface area contributed by atoms with Crippen molar-refractivity contribution in [3.63, 3.8) is 0 Å². The first-order chi connectivity index (χ1) is 10.3. The second-order valence-electron chi connectivity index (χ2n) is 5.91. The standard InChI is InChI=1S/C16H23N3O2/c20-16(13-6-2-1-3-7-13)18-14-10-17-19(11-14)12-15-8-4-5-9-21-15/h1-2,10-11,13,15H,3-9,12H2,(H,18,20)/t13-,15-/m1/s1. The molecule has 0 saturated carbocycles. The van der Waals surface area contributed by atoms with Gasteiger partial charge in [-0.05, 0) is 38.5 Å². The lowest BCUT2D eigenvalue weighted by molar-refractivity contribution is -0.120. The number of rotatable bonds is 4. The van der Waals surface area contributed by atoms with Gasteiger partial charge in [0, 0.05) is 18.7 Å². The summed E-state index contributed by atoms with van der Waals surface area (Å²) < 4.78 is 7.58. The highest BCUT2D eigenvalue weighted by atomic mass is 16.5. The summed E-state index contributed by atoms with van der Waals surface area (Å²) in [5, 5.41) is 7.29. The summed E-state index contributed by atoms with van der Waals surface area (Å²) in [4.78, 5) is 12.2. The first kappa shape index (κ1) is 14.3. The molecule has 1 fully saturated rings. The van der Waals surface area contributed by atoms with E-state index in [2.05, 4.69) is 22.6 Å². The van der Waals surface area contributed by atoms with Crippen molar-refractivity contribution in [2.45, 2.75) is 51.2 Å². The van der Waals surface area contributed by atoms with Gasteiger partial charge in [0.1, 0.15) is 0 Å². The Morgan fingerprint density at radius 3 is 3.10 bits per heavy atom. The fourth-order valence-electron chi connectivity index (χ4n) is 2.96. The van der Waals surface area contributed by atoms with Gasteiger partial charge < -0.3 is 10.1 Å². The van der Waals surface area contributed by atoms with E-state index in [-0.39, 0.29) is 17.9 Å². The van der Waals surface area contributed by atoms with Gasteiger partial charge in [-0.3, -0.25) is 9.48 Å². The van der Waals surface area contributed by atoms with E-state index in [4.69, 9.17) is 4.74 Å². The van der Waals surface area contributed by atoms with Crippen LogP contribution in [-0.4, -0.2) is 28.4 Å². The molecule has 1 aliphatic carbocycles. The van der Waals surface area contributed by atoms with Crippen LogP contribution in [0, 0.1) is 5.92 Å². The molecule has 1 saturated heterocycles. The van der Waals surface area contributed by atoms with Gasteiger partial charge in [-0.1, -0.05) is 12.2 Å². The summed E-state index contributed by atoms with van der Waals surface area (Å²) >= 11 is 0. The van der Waals surface area contributed by atoms with Crippen LogP contribution >= 0.6 is 0 Å². The van der Waals surface area contributed by atoms with Crippen LogP contribution in [0.1, 0.15) is 38.5 Å². The minimum Gasteiger partial charge on any atom is -0.376 e. The largest absolute Gasteiger partial charge is 0.376 e. The third-order valence-corrected chi connectivity index (χ3v) is 4.21. The lowest BCUT2D eigenvalue weighted by atomic mass is 9.94. The molecule has 3 rings (SSSR count). The summed E-state index contributed by atoms with van der Waals surface area (Å²) in [6.45, 7) is 1.62. The number of carbonyl (C=O) groups is 1. The van der Waals surface area contributed by atoms with E-state index >= 15 is 0 Å². The average Bonchev–Trinajstić information content (AvgIpc) is 2.96. The molecule has 5 heteroatoms. The number of ether oxygens (including phenoxy) is 1. The zero-order valence-corrected chi connectivity index (χ0v) is 12.3. The molecule has 0 spiro atoms. The molecule has 1 aliphatic heterocycles. The van der Waals surface area contributed by atoms with Gasteiger partial charge in [0.25, 0.3) is 0 Å². The molecule has 2 atom stereocenters. The molecule has 1 aromatic rings. The number of carbonyl (C=O) groups excluding carboxylic acids is 1. The monoisotopic (exact) mass is 289 g/mol. The Bertz CT molecular complexity index is 503. The number of hydrogen-bond acceptors (Lipinski definition) is 3. The van der Waals surface area contributed by atoms with Crippen LogP contribution in [0.2, 0.25) is 0 Å². The van der Waals surface area contributed by atoms with E-state index in [9.17, 15) is 4.79 Å². The Hall–Kier alpha value is -1.62. The minimum absolute atomic E-state index is 0.0972. The van der Waals surface area contributed by atoms with E-state index in [0.717, 1.165) is 50.9 Å². The summed E-state index contributed by atoms with van der Waals surface area (Å²) in [5.41, 5.74) is 0.783. The van der Waals surface area contributed by atoms with Crippen molar-refractivity contribution in [1.82, 2.24) is 9.78 Å². The van der Waals surface area contributed by atoms with Crippen LogP contribution in [0.25, 0.3) is 0 Å². The van der Waals surface area contributed by atoms with Crippen molar-refractivity contribution in [2.75, 3.05) is 11.9 Å². The maximum absolute atomic E-state index is 12.2. The number of anilines is 1. The molecule has 1 aromatic heterocycles. The Kier molecular flexibility index (Phi) is 4.70. The van der Waals surface area contributed by atoms with Gasteiger partial charge >= 0.3 is 0 Å². The third-order valence-electron chi connectivity index (χ3n) is 4.21. The molecule has 0 aromatic carbocycles. The number of aromatic nitrogens is 2. The number of hydrogen-bond donors (Lipinski definition) is 1. The highest BCUT2D eigenvalue weighted by Gasteiger charge is 2.19. The van der Waals surface area contributed by atoms with Crippen LogP contribution in [0.15, 0.2) is 24.5 Å². The van der Waals surface area contributed by atoms with Crippen molar-refractivity contribution in [3.05, 3.63) is 24.5 Å². The quantitative estimate of drug-likeness (QED) is 0.867. The smallest absolute Gasteiger partial charge is 0.227 e. The first-order valence-electron chi connectivity index (χ1n) is 7.91. The summed E-state index contributed by atoms with van der Waals surface area (Å²) in [7, 11) is 0. The van der Waals surface area contributed by atoms with Gasteiger partial charge in [-0.2, -0.15) is 5.10 Å². The Labute approximate surface area is 125 Å². The Balaban J connectivity index is 1.52. The molecular formula is C16H23N3O2. The SMILES string of the molecule is O=C(Nc1cnn(C[C@H]2CCCCO2)c1)[C@@H]1CC=CCC1. The fraction of sp³-hybridized carbons (Fsp3) is 0.625. The Morgan fingerprint density at radius 2 is 2.33 bits per heavy atom. The van der Waals surface area contributed by atoms with Crippen LogP contribution < -0.4 is 5.32 Å². The van der Waals surface area contributed by atoms with Crippen LogP contribution in [0.3, 0.4) is 0 Å². The van der Waals surface area contributed by atoms with Gasteiger partial charge in [-0.15, -0.1) is 0 Å². The van der Waals surface area contributed by atoms with E-state index in [1.165, 1.54) is 6.42 Å². The topological polar surface area (TPSA) is 56.2 Å². The van der Waals surface area contributed by atoms with Crippen LogP contribution in [0.4, 0.5) is 5.69 Å². The second kappa shape index (κ2) is 6.89. The van der Waals surface area contributed by atoms with Crippen LogP contribution in [-0.2, 0) is 16.1 Å². The van der Waals surface area contributed by atoms with Gasteiger partial charge in [-0.25, -0.2) is 0 Å². The third kappa shape index (κ3) is 3.94. The maximum Gasteiger partial charge on any atom is 0.227 e. The van der Waals surface area contributed by atoms with Gasteiger partial charge in [0.05, 0.1) is 24.5 Å². The highest BCUT2D eigenvalue weighted by Crippen LogP contribution is 2.20. The van der Waals surface area contributed by atoms with Gasteiger partial charge in [0.2, 0.25) is 5.91 Å². The minimum atomic E-state index is 0.0972. The van der Waals surface area contributed by atoms with Crippen molar-refractivity contribution in [2.24, 2.45) is 5.92 Å². The molecule has 21 heavy (non-hydrogen) atoms.